The first kappa shape index (κ1) is 12.7. The van der Waals surface area contributed by atoms with Crippen molar-refractivity contribution in [1.82, 2.24) is 5.32 Å². The average molecular weight is 227 g/mol. The lowest BCUT2D eigenvalue weighted by molar-refractivity contribution is 0.0660. The summed E-state index contributed by atoms with van der Waals surface area (Å²) in [6.45, 7) is 2.12. The lowest BCUT2D eigenvalue weighted by atomic mass is 10.2. The molecule has 1 rings (SSSR count). The standard InChI is InChI=1S/C11H17NO4/c1-15-6-3-2-5-12-8-9-4-7-16-10(9)11(13)14/h4,7,12H,2-3,5-6,8H2,1H3,(H,13,14). The molecule has 0 aliphatic rings. The molecule has 0 bridgehead atoms. The van der Waals surface area contributed by atoms with Gasteiger partial charge in [-0.1, -0.05) is 0 Å². The van der Waals surface area contributed by atoms with Gasteiger partial charge in [0.05, 0.1) is 6.26 Å². The number of unbranched alkanes of at least 4 members (excludes halogenated alkanes) is 1. The second-order valence-corrected chi connectivity index (χ2v) is 3.46. The molecule has 1 heterocycles. The first-order valence-electron chi connectivity index (χ1n) is 5.25. The van der Waals surface area contributed by atoms with Gasteiger partial charge in [0.25, 0.3) is 0 Å². The third kappa shape index (κ3) is 4.04. The first-order chi connectivity index (χ1) is 7.75. The van der Waals surface area contributed by atoms with E-state index in [0.717, 1.165) is 26.0 Å². The topological polar surface area (TPSA) is 71.7 Å². The second-order valence-electron chi connectivity index (χ2n) is 3.46. The fourth-order valence-corrected chi connectivity index (χ4v) is 1.38. The van der Waals surface area contributed by atoms with E-state index < -0.39 is 5.97 Å². The van der Waals surface area contributed by atoms with Crippen molar-refractivity contribution in [3.63, 3.8) is 0 Å². The molecule has 0 fully saturated rings. The molecule has 2 N–H and O–H groups in total. The minimum atomic E-state index is -1.03. The Bertz CT molecular complexity index is 322. The SMILES string of the molecule is COCCCCNCc1ccoc1C(=O)O. The van der Waals surface area contributed by atoms with Crippen LogP contribution in [0.2, 0.25) is 0 Å². The summed E-state index contributed by atoms with van der Waals surface area (Å²) in [5.41, 5.74) is 0.680. The fraction of sp³-hybridized carbons (Fsp3) is 0.545. The van der Waals surface area contributed by atoms with Crippen LogP contribution in [-0.4, -0.2) is 31.3 Å². The molecule has 0 aliphatic heterocycles. The van der Waals surface area contributed by atoms with E-state index in [-0.39, 0.29) is 5.76 Å². The van der Waals surface area contributed by atoms with E-state index in [1.165, 1.54) is 6.26 Å². The number of carbonyl (C=O) groups is 1. The summed E-state index contributed by atoms with van der Waals surface area (Å²) in [7, 11) is 1.68. The minimum absolute atomic E-state index is 0.0180. The van der Waals surface area contributed by atoms with Gasteiger partial charge < -0.3 is 19.6 Å². The summed E-state index contributed by atoms with van der Waals surface area (Å²) >= 11 is 0. The summed E-state index contributed by atoms with van der Waals surface area (Å²) < 4.78 is 9.79. The van der Waals surface area contributed by atoms with Crippen LogP contribution < -0.4 is 5.32 Å². The number of hydrogen-bond acceptors (Lipinski definition) is 4. The van der Waals surface area contributed by atoms with Gasteiger partial charge in [0.2, 0.25) is 5.76 Å². The largest absolute Gasteiger partial charge is 0.475 e. The second kappa shape index (κ2) is 7.03. The number of methoxy groups -OCH3 is 1. The van der Waals surface area contributed by atoms with Gasteiger partial charge in [0.15, 0.2) is 0 Å². The molecule has 0 unspecified atom stereocenters. The maximum absolute atomic E-state index is 10.7. The quantitative estimate of drug-likeness (QED) is 0.658. The van der Waals surface area contributed by atoms with Crippen LogP contribution >= 0.6 is 0 Å². The summed E-state index contributed by atoms with van der Waals surface area (Å²) in [6, 6.07) is 1.67. The van der Waals surface area contributed by atoms with E-state index in [0.29, 0.717) is 12.1 Å². The normalized spacial score (nSPS) is 10.6. The molecule has 5 heteroatoms. The van der Waals surface area contributed by atoms with Gasteiger partial charge in [0.1, 0.15) is 0 Å². The van der Waals surface area contributed by atoms with Crippen LogP contribution in [0.25, 0.3) is 0 Å². The maximum Gasteiger partial charge on any atom is 0.372 e. The molecule has 0 saturated heterocycles. The van der Waals surface area contributed by atoms with Crippen LogP contribution in [0, 0.1) is 0 Å². The monoisotopic (exact) mass is 227 g/mol. The number of ether oxygens (including phenoxy) is 1. The molecule has 0 radical (unpaired) electrons. The summed E-state index contributed by atoms with van der Waals surface area (Å²) in [4.78, 5) is 10.7. The smallest absolute Gasteiger partial charge is 0.372 e. The van der Waals surface area contributed by atoms with Crippen molar-refractivity contribution >= 4 is 5.97 Å². The number of nitrogens with one attached hydrogen (secondary N) is 1. The third-order valence-corrected chi connectivity index (χ3v) is 2.21. The Morgan fingerprint density at radius 3 is 3.06 bits per heavy atom. The molecule has 0 spiro atoms. The Hall–Kier alpha value is -1.33. The van der Waals surface area contributed by atoms with Crippen molar-refractivity contribution < 1.29 is 19.1 Å². The molecular formula is C11H17NO4. The van der Waals surface area contributed by atoms with Crippen LogP contribution in [0.4, 0.5) is 0 Å². The Labute approximate surface area is 94.4 Å². The van der Waals surface area contributed by atoms with Gasteiger partial charge in [-0.15, -0.1) is 0 Å². The highest BCUT2D eigenvalue weighted by Gasteiger charge is 2.12. The zero-order chi connectivity index (χ0) is 11.8. The molecule has 0 aromatic carbocycles. The number of carboxylic acid groups (broad SMARTS) is 1. The van der Waals surface area contributed by atoms with E-state index in [2.05, 4.69) is 5.32 Å². The van der Waals surface area contributed by atoms with Crippen molar-refractivity contribution in [1.29, 1.82) is 0 Å². The number of carboxylic acids is 1. The van der Waals surface area contributed by atoms with Gasteiger partial charge >= 0.3 is 5.97 Å². The van der Waals surface area contributed by atoms with Crippen molar-refractivity contribution in [2.45, 2.75) is 19.4 Å². The van der Waals surface area contributed by atoms with Crippen molar-refractivity contribution in [2.24, 2.45) is 0 Å². The Morgan fingerprint density at radius 2 is 2.38 bits per heavy atom. The molecule has 16 heavy (non-hydrogen) atoms. The van der Waals surface area contributed by atoms with Crippen LogP contribution in [0.5, 0.6) is 0 Å². The molecule has 90 valence electrons. The lowest BCUT2D eigenvalue weighted by Gasteiger charge is -2.03. The lowest BCUT2D eigenvalue weighted by Crippen LogP contribution is -2.16. The molecular weight excluding hydrogens is 210 g/mol. The number of hydrogen-bond donors (Lipinski definition) is 2. The van der Waals surface area contributed by atoms with E-state index in [1.807, 2.05) is 0 Å². The average Bonchev–Trinajstić information content (AvgIpc) is 2.71. The zero-order valence-corrected chi connectivity index (χ0v) is 9.36. The summed E-state index contributed by atoms with van der Waals surface area (Å²) in [5.74, 6) is -1.01. The van der Waals surface area contributed by atoms with Gasteiger partial charge in [0, 0.05) is 25.8 Å². The van der Waals surface area contributed by atoms with Crippen molar-refractivity contribution in [2.75, 3.05) is 20.3 Å². The fourth-order valence-electron chi connectivity index (χ4n) is 1.38. The number of rotatable bonds is 8. The molecule has 0 aliphatic carbocycles. The Morgan fingerprint density at radius 1 is 1.56 bits per heavy atom. The molecule has 0 saturated carbocycles. The van der Waals surface area contributed by atoms with Crippen LogP contribution in [0.15, 0.2) is 16.7 Å². The van der Waals surface area contributed by atoms with E-state index in [1.54, 1.807) is 13.2 Å². The van der Waals surface area contributed by atoms with Crippen molar-refractivity contribution in [3.05, 3.63) is 23.7 Å². The zero-order valence-electron chi connectivity index (χ0n) is 9.36. The number of furan rings is 1. The number of aromatic carboxylic acids is 1. The van der Waals surface area contributed by atoms with E-state index in [9.17, 15) is 4.79 Å². The molecule has 5 nitrogen and oxygen atoms in total. The highest BCUT2D eigenvalue weighted by atomic mass is 16.5. The molecule has 1 aromatic rings. The van der Waals surface area contributed by atoms with Gasteiger partial charge in [-0.3, -0.25) is 0 Å². The highest BCUT2D eigenvalue weighted by Crippen LogP contribution is 2.09. The highest BCUT2D eigenvalue weighted by molar-refractivity contribution is 5.86. The summed E-state index contributed by atoms with van der Waals surface area (Å²) in [5, 5.41) is 12.0. The van der Waals surface area contributed by atoms with Gasteiger partial charge in [-0.25, -0.2) is 4.79 Å². The predicted octanol–water partition coefficient (Wildman–Crippen LogP) is 1.49. The Balaban J connectivity index is 2.21. The molecule has 1 aromatic heterocycles. The minimum Gasteiger partial charge on any atom is -0.475 e. The third-order valence-electron chi connectivity index (χ3n) is 2.21. The maximum atomic E-state index is 10.7. The van der Waals surface area contributed by atoms with Gasteiger partial charge in [-0.2, -0.15) is 0 Å². The van der Waals surface area contributed by atoms with Gasteiger partial charge in [-0.05, 0) is 25.5 Å². The van der Waals surface area contributed by atoms with Crippen molar-refractivity contribution in [3.8, 4) is 0 Å². The van der Waals surface area contributed by atoms with Crippen LogP contribution in [0.1, 0.15) is 29.0 Å². The first-order valence-corrected chi connectivity index (χ1v) is 5.25. The van der Waals surface area contributed by atoms with E-state index in [4.69, 9.17) is 14.3 Å². The molecule has 0 atom stereocenters. The van der Waals surface area contributed by atoms with E-state index >= 15 is 0 Å². The Kier molecular flexibility index (Phi) is 5.60. The predicted molar refractivity (Wildman–Crippen MR) is 58.5 cm³/mol. The molecule has 0 amide bonds. The van der Waals surface area contributed by atoms with Crippen LogP contribution in [0.3, 0.4) is 0 Å². The summed E-state index contributed by atoms with van der Waals surface area (Å²) in [6.07, 6.45) is 3.40. The van der Waals surface area contributed by atoms with Crippen LogP contribution in [-0.2, 0) is 11.3 Å².